The van der Waals surface area contributed by atoms with Gasteiger partial charge in [0.05, 0.1) is 24.6 Å². The van der Waals surface area contributed by atoms with Crippen LogP contribution in [0.5, 0.6) is 5.75 Å². The average molecular weight is 469 g/mol. The molecule has 0 atom stereocenters. The van der Waals surface area contributed by atoms with E-state index in [1.165, 1.54) is 27.6 Å². The number of nitrogens with zero attached hydrogens (tertiary/aromatic N) is 3. The number of aryl methyl sites for hydroxylation is 4. The molecule has 1 spiro atoms. The van der Waals surface area contributed by atoms with Crippen LogP contribution in [0.25, 0.3) is 11.4 Å². The summed E-state index contributed by atoms with van der Waals surface area (Å²) in [5.41, 5.74) is 10.6. The predicted molar refractivity (Wildman–Crippen MR) is 147 cm³/mol. The van der Waals surface area contributed by atoms with Gasteiger partial charge in [-0.2, -0.15) is 0 Å². The van der Waals surface area contributed by atoms with Gasteiger partial charge in [0.2, 0.25) is 5.82 Å². The first kappa shape index (κ1) is 21.1. The zero-order valence-corrected chi connectivity index (χ0v) is 21.1. The summed E-state index contributed by atoms with van der Waals surface area (Å²) in [5.74, 6) is 2.07. The average Bonchev–Trinajstić information content (AvgIpc) is 3.28. The van der Waals surface area contributed by atoms with Crippen LogP contribution in [-0.2, 0) is 7.05 Å². The maximum atomic E-state index is 7.25. The Morgan fingerprint density at radius 2 is 1.33 bits per heavy atom. The van der Waals surface area contributed by atoms with E-state index in [-0.39, 0.29) is 0 Å². The molecule has 7 rings (SSSR count). The van der Waals surface area contributed by atoms with Gasteiger partial charge in [0.25, 0.3) is 0 Å². The summed E-state index contributed by atoms with van der Waals surface area (Å²) in [6.07, 6.45) is 4.33. The Kier molecular flexibility index (Phi) is 4.32. The van der Waals surface area contributed by atoms with Crippen LogP contribution in [0.2, 0.25) is 0 Å². The molecule has 36 heavy (non-hydrogen) atoms. The quantitative estimate of drug-likeness (QED) is 0.316. The van der Waals surface area contributed by atoms with Crippen LogP contribution in [0.4, 0.5) is 17.1 Å². The van der Waals surface area contributed by atoms with Gasteiger partial charge in [0, 0.05) is 17.1 Å². The van der Waals surface area contributed by atoms with Crippen molar-refractivity contribution in [3.8, 4) is 17.1 Å². The van der Waals surface area contributed by atoms with Crippen LogP contribution in [0.1, 0.15) is 16.7 Å². The van der Waals surface area contributed by atoms with Crippen molar-refractivity contribution in [3.05, 3.63) is 114 Å². The third-order valence-corrected chi connectivity index (χ3v) is 7.83. The number of rotatable bonds is 1. The van der Waals surface area contributed by atoms with Crippen LogP contribution in [-0.4, -0.2) is 11.1 Å². The van der Waals surface area contributed by atoms with Crippen molar-refractivity contribution in [1.29, 1.82) is 0 Å². The highest BCUT2D eigenvalue weighted by Gasteiger charge is 2.52. The van der Waals surface area contributed by atoms with Gasteiger partial charge in [0.1, 0.15) is 6.20 Å². The molecule has 3 heterocycles. The summed E-state index contributed by atoms with van der Waals surface area (Å²) < 4.78 is 11.8. The minimum Gasteiger partial charge on any atom is -0.671 e. The molecule has 0 aliphatic carbocycles. The van der Waals surface area contributed by atoms with Gasteiger partial charge in [-0.05, 0) is 57.2 Å². The molecule has 0 amide bonds. The molecule has 5 heteroatoms. The second-order valence-corrected chi connectivity index (χ2v) is 10.3. The Morgan fingerprint density at radius 1 is 0.722 bits per heavy atom. The van der Waals surface area contributed by atoms with E-state index in [4.69, 9.17) is 4.65 Å². The molecule has 176 valence electrons. The van der Waals surface area contributed by atoms with Gasteiger partial charge in [0.15, 0.2) is 0 Å². The number of imidazole rings is 1. The Labute approximate surface area is 212 Å². The van der Waals surface area contributed by atoms with Crippen molar-refractivity contribution in [2.45, 2.75) is 20.8 Å². The molecular weight excluding hydrogens is 441 g/mol. The Bertz CT molecular complexity index is 1610. The van der Waals surface area contributed by atoms with E-state index in [2.05, 4.69) is 139 Å². The first-order valence-corrected chi connectivity index (χ1v) is 12.6. The second kappa shape index (κ2) is 7.38. The van der Waals surface area contributed by atoms with Crippen LogP contribution in [0, 0.1) is 20.8 Å². The maximum Gasteiger partial charge on any atom is 0.427 e. The van der Waals surface area contributed by atoms with E-state index in [1.54, 1.807) is 0 Å². The first-order valence-electron chi connectivity index (χ1n) is 12.6. The number of hydrogen-bond donors (Lipinski definition) is 0. The molecule has 4 nitrogen and oxygen atoms in total. The molecule has 0 bridgehead atoms. The number of hydrogen-bond acceptors (Lipinski definition) is 2. The van der Waals surface area contributed by atoms with Crippen LogP contribution >= 0.6 is 0 Å². The summed E-state index contributed by atoms with van der Waals surface area (Å²) in [5, 5.41) is 0. The molecule has 0 saturated heterocycles. The Hall–Kier alpha value is -4.25. The van der Waals surface area contributed by atoms with Crippen molar-refractivity contribution in [2.24, 2.45) is 7.05 Å². The highest BCUT2D eigenvalue weighted by atomic mass is 16.5. The van der Waals surface area contributed by atoms with Crippen molar-refractivity contribution in [2.75, 3.05) is 4.90 Å². The van der Waals surface area contributed by atoms with Crippen LogP contribution in [0.3, 0.4) is 0 Å². The largest absolute Gasteiger partial charge is 0.671 e. The number of para-hydroxylation sites is 1. The number of benzene rings is 4. The summed E-state index contributed by atoms with van der Waals surface area (Å²) in [4.78, 5) is 2.39. The molecular formula is C31H28BN3O. The summed E-state index contributed by atoms with van der Waals surface area (Å²) >= 11 is 0. The second-order valence-electron chi connectivity index (χ2n) is 10.3. The van der Waals surface area contributed by atoms with Gasteiger partial charge < -0.3 is 14.0 Å². The fourth-order valence-corrected chi connectivity index (χ4v) is 6.19. The molecule has 0 unspecified atom stereocenters. The maximum absolute atomic E-state index is 7.25. The summed E-state index contributed by atoms with van der Waals surface area (Å²) in [7, 11) is 2.12. The summed E-state index contributed by atoms with van der Waals surface area (Å²) in [6.45, 7) is 4.67. The van der Waals surface area contributed by atoms with Crippen molar-refractivity contribution in [3.63, 3.8) is 0 Å². The van der Waals surface area contributed by atoms with E-state index >= 15 is 0 Å². The lowest BCUT2D eigenvalue weighted by Gasteiger charge is -2.50. The minimum absolute atomic E-state index is 0.919. The molecule has 5 aromatic rings. The third-order valence-electron chi connectivity index (χ3n) is 7.83. The lowest BCUT2D eigenvalue weighted by Crippen LogP contribution is -2.85. The molecule has 0 N–H and O–H groups in total. The van der Waals surface area contributed by atoms with Crippen LogP contribution in [0.15, 0.2) is 97.3 Å². The number of aromatic nitrogens is 2. The zero-order valence-electron chi connectivity index (χ0n) is 21.1. The number of fused-ring (bicyclic) bond motifs is 8. The predicted octanol–water partition coefficient (Wildman–Crippen LogP) is 5.19. The van der Waals surface area contributed by atoms with Gasteiger partial charge in [-0.3, -0.25) is 0 Å². The lowest BCUT2D eigenvalue weighted by atomic mass is 9.38. The smallest absolute Gasteiger partial charge is 0.427 e. The molecule has 0 saturated carbocycles. The van der Waals surface area contributed by atoms with E-state index < -0.39 is 6.48 Å². The van der Waals surface area contributed by atoms with E-state index in [9.17, 15) is 0 Å². The highest BCUT2D eigenvalue weighted by molar-refractivity contribution is 6.94. The zero-order chi connectivity index (χ0) is 24.6. The van der Waals surface area contributed by atoms with Gasteiger partial charge in [-0.25, -0.2) is 4.57 Å². The van der Waals surface area contributed by atoms with E-state index in [0.29, 0.717) is 0 Å². The Morgan fingerprint density at radius 3 is 2.00 bits per heavy atom. The standard InChI is InChI=1S/C31H28BN3O/c1-21-9-13-24(14-10-21)35-28-15-11-22(2)19-26(28)32(27-20-23(3)12-16-29(27)35)34-18-17-33(4)31(34)25-7-5-6-8-30(25)36-32/h5-20H,1-4H3. The molecule has 0 radical (unpaired) electrons. The van der Waals surface area contributed by atoms with Gasteiger partial charge >= 0.3 is 6.48 Å². The lowest BCUT2D eigenvalue weighted by molar-refractivity contribution is -0.541. The summed E-state index contributed by atoms with van der Waals surface area (Å²) in [6, 6.07) is 30.8. The van der Waals surface area contributed by atoms with Crippen molar-refractivity contribution < 1.29 is 9.13 Å². The van der Waals surface area contributed by atoms with Gasteiger partial charge in [-0.1, -0.05) is 76.1 Å². The molecule has 4 aromatic carbocycles. The highest BCUT2D eigenvalue weighted by Crippen LogP contribution is 2.41. The Balaban J connectivity index is 1.62. The third kappa shape index (κ3) is 2.74. The molecule has 1 aromatic heterocycles. The monoisotopic (exact) mass is 469 g/mol. The number of anilines is 3. The minimum atomic E-state index is -1.79. The first-order chi connectivity index (χ1) is 17.5. The van der Waals surface area contributed by atoms with E-state index in [0.717, 1.165) is 34.2 Å². The van der Waals surface area contributed by atoms with E-state index in [1.807, 2.05) is 0 Å². The molecule has 2 aliphatic rings. The molecule has 2 aliphatic heterocycles. The van der Waals surface area contributed by atoms with Crippen molar-refractivity contribution in [1.82, 2.24) is 4.57 Å². The topological polar surface area (TPSA) is 21.3 Å². The SMILES string of the molecule is Cc1ccc(N2c3ccc(C)cc3[B-]3(Oc4ccccc4-c4n(C)cc[n+]43)c3cc(C)ccc32)cc1. The van der Waals surface area contributed by atoms with Crippen LogP contribution < -0.4 is 25.0 Å². The fraction of sp³-hybridized carbons (Fsp3) is 0.129. The molecule has 0 fully saturated rings. The normalized spacial score (nSPS) is 14.5. The fourth-order valence-electron chi connectivity index (χ4n) is 6.19. The van der Waals surface area contributed by atoms with Gasteiger partial charge in [-0.15, -0.1) is 0 Å². The van der Waals surface area contributed by atoms with Crippen molar-refractivity contribution >= 4 is 34.5 Å².